The molecular formula is C25H17N. The molecule has 0 aliphatic carbocycles. The lowest BCUT2D eigenvalue weighted by molar-refractivity contribution is 1.41. The van der Waals surface area contributed by atoms with Gasteiger partial charge in [0.1, 0.15) is 0 Å². The SMILES string of the molecule is c1ccc(-c2ccccc2-c2ccc3ccc4ccccc4c3n2)cc1. The Morgan fingerprint density at radius 3 is 2.00 bits per heavy atom. The van der Waals surface area contributed by atoms with Crippen molar-refractivity contribution in [3.8, 4) is 22.4 Å². The molecular weight excluding hydrogens is 314 g/mol. The van der Waals surface area contributed by atoms with E-state index in [1.807, 2.05) is 6.07 Å². The molecule has 5 aromatic rings. The summed E-state index contributed by atoms with van der Waals surface area (Å²) >= 11 is 0. The Hall–Kier alpha value is -3.45. The largest absolute Gasteiger partial charge is 0.247 e. The summed E-state index contributed by atoms with van der Waals surface area (Å²) in [7, 11) is 0. The van der Waals surface area contributed by atoms with E-state index < -0.39 is 0 Å². The molecule has 0 aliphatic heterocycles. The van der Waals surface area contributed by atoms with Crippen molar-refractivity contribution in [1.29, 1.82) is 0 Å². The number of fused-ring (bicyclic) bond motifs is 3. The maximum Gasteiger partial charge on any atom is 0.0787 e. The van der Waals surface area contributed by atoms with Crippen LogP contribution in [0.5, 0.6) is 0 Å². The Kier molecular flexibility index (Phi) is 3.50. The summed E-state index contributed by atoms with van der Waals surface area (Å²) in [6.07, 6.45) is 0. The molecule has 0 spiro atoms. The highest BCUT2D eigenvalue weighted by molar-refractivity contribution is 6.05. The predicted molar refractivity (Wildman–Crippen MR) is 110 cm³/mol. The van der Waals surface area contributed by atoms with Gasteiger partial charge < -0.3 is 0 Å². The summed E-state index contributed by atoms with van der Waals surface area (Å²) in [6.45, 7) is 0. The zero-order valence-electron chi connectivity index (χ0n) is 14.3. The molecule has 0 amide bonds. The van der Waals surface area contributed by atoms with E-state index in [0.29, 0.717) is 0 Å². The fourth-order valence-corrected chi connectivity index (χ4v) is 3.58. The number of aromatic nitrogens is 1. The molecule has 26 heavy (non-hydrogen) atoms. The second-order valence-electron chi connectivity index (χ2n) is 6.47. The second-order valence-corrected chi connectivity index (χ2v) is 6.47. The zero-order chi connectivity index (χ0) is 17.3. The number of hydrogen-bond donors (Lipinski definition) is 0. The minimum Gasteiger partial charge on any atom is -0.247 e. The van der Waals surface area contributed by atoms with Gasteiger partial charge in [-0.3, -0.25) is 0 Å². The summed E-state index contributed by atoms with van der Waals surface area (Å²) < 4.78 is 0. The van der Waals surface area contributed by atoms with Crippen molar-refractivity contribution in [2.45, 2.75) is 0 Å². The molecule has 0 radical (unpaired) electrons. The predicted octanol–water partition coefficient (Wildman–Crippen LogP) is 6.72. The Balaban J connectivity index is 1.77. The fraction of sp³-hybridized carbons (Fsp3) is 0. The third-order valence-electron chi connectivity index (χ3n) is 4.87. The monoisotopic (exact) mass is 331 g/mol. The molecule has 1 aromatic heterocycles. The lowest BCUT2D eigenvalue weighted by Gasteiger charge is -2.11. The molecule has 1 heterocycles. The molecule has 0 saturated carbocycles. The summed E-state index contributed by atoms with van der Waals surface area (Å²) in [5.74, 6) is 0. The average Bonchev–Trinajstić information content (AvgIpc) is 2.74. The minimum absolute atomic E-state index is 1.01. The van der Waals surface area contributed by atoms with Gasteiger partial charge in [-0.25, -0.2) is 4.98 Å². The third-order valence-corrected chi connectivity index (χ3v) is 4.87. The number of hydrogen-bond acceptors (Lipinski definition) is 1. The van der Waals surface area contributed by atoms with Crippen molar-refractivity contribution in [2.75, 3.05) is 0 Å². The van der Waals surface area contributed by atoms with Crippen molar-refractivity contribution in [3.05, 3.63) is 103 Å². The van der Waals surface area contributed by atoms with Gasteiger partial charge in [-0.05, 0) is 22.6 Å². The maximum absolute atomic E-state index is 5.06. The van der Waals surface area contributed by atoms with Crippen LogP contribution in [0.15, 0.2) is 103 Å². The quantitative estimate of drug-likeness (QED) is 0.327. The molecule has 0 atom stereocenters. The van der Waals surface area contributed by atoms with Crippen molar-refractivity contribution < 1.29 is 0 Å². The number of pyridine rings is 1. The van der Waals surface area contributed by atoms with Gasteiger partial charge in [0.05, 0.1) is 11.2 Å². The van der Waals surface area contributed by atoms with Crippen LogP contribution in [0.4, 0.5) is 0 Å². The molecule has 1 nitrogen and oxygen atoms in total. The Morgan fingerprint density at radius 1 is 0.462 bits per heavy atom. The molecule has 0 bridgehead atoms. The number of rotatable bonds is 2. The first-order valence-electron chi connectivity index (χ1n) is 8.83. The summed E-state index contributed by atoms with van der Waals surface area (Å²) in [5, 5.41) is 3.59. The van der Waals surface area contributed by atoms with Gasteiger partial charge in [-0.1, -0.05) is 97.1 Å². The lowest BCUT2D eigenvalue weighted by atomic mass is 9.96. The van der Waals surface area contributed by atoms with E-state index in [2.05, 4.69) is 97.1 Å². The fourth-order valence-electron chi connectivity index (χ4n) is 3.58. The van der Waals surface area contributed by atoms with E-state index in [1.165, 1.54) is 27.3 Å². The molecule has 4 aromatic carbocycles. The zero-order valence-corrected chi connectivity index (χ0v) is 14.3. The van der Waals surface area contributed by atoms with E-state index in [9.17, 15) is 0 Å². The van der Waals surface area contributed by atoms with Crippen LogP contribution in [0.1, 0.15) is 0 Å². The van der Waals surface area contributed by atoms with Gasteiger partial charge in [-0.15, -0.1) is 0 Å². The Labute approximate surface area is 152 Å². The second kappa shape index (κ2) is 6.12. The molecule has 5 rings (SSSR count). The van der Waals surface area contributed by atoms with Crippen LogP contribution in [-0.2, 0) is 0 Å². The normalized spacial score (nSPS) is 11.1. The van der Waals surface area contributed by atoms with E-state index in [0.717, 1.165) is 16.8 Å². The standard InChI is InChI=1S/C25H17N/c1-2-8-18(9-3-1)21-11-6-7-13-23(21)24-17-16-20-15-14-19-10-4-5-12-22(19)25(20)26-24/h1-17H. The molecule has 0 aliphatic rings. The van der Waals surface area contributed by atoms with Gasteiger partial charge in [0.2, 0.25) is 0 Å². The third kappa shape index (κ3) is 2.46. The molecule has 0 unspecified atom stereocenters. The van der Waals surface area contributed by atoms with Crippen molar-refractivity contribution in [1.82, 2.24) is 4.98 Å². The van der Waals surface area contributed by atoms with Crippen molar-refractivity contribution in [3.63, 3.8) is 0 Å². The van der Waals surface area contributed by atoms with Gasteiger partial charge in [-0.2, -0.15) is 0 Å². The molecule has 0 saturated heterocycles. The maximum atomic E-state index is 5.06. The van der Waals surface area contributed by atoms with Crippen molar-refractivity contribution in [2.24, 2.45) is 0 Å². The highest BCUT2D eigenvalue weighted by atomic mass is 14.7. The van der Waals surface area contributed by atoms with Crippen LogP contribution in [0.3, 0.4) is 0 Å². The van der Waals surface area contributed by atoms with Crippen LogP contribution in [0.25, 0.3) is 44.1 Å². The first kappa shape index (κ1) is 14.9. The molecule has 1 heteroatoms. The molecule has 122 valence electrons. The van der Waals surface area contributed by atoms with Crippen LogP contribution >= 0.6 is 0 Å². The Bertz CT molecular complexity index is 1220. The van der Waals surface area contributed by atoms with Crippen LogP contribution in [0.2, 0.25) is 0 Å². The van der Waals surface area contributed by atoms with E-state index in [-0.39, 0.29) is 0 Å². The smallest absolute Gasteiger partial charge is 0.0787 e. The minimum atomic E-state index is 1.01. The lowest BCUT2D eigenvalue weighted by Crippen LogP contribution is -1.90. The van der Waals surface area contributed by atoms with Gasteiger partial charge in [0, 0.05) is 16.3 Å². The average molecular weight is 331 g/mol. The van der Waals surface area contributed by atoms with Gasteiger partial charge >= 0.3 is 0 Å². The first-order valence-corrected chi connectivity index (χ1v) is 8.83. The summed E-state index contributed by atoms with van der Waals surface area (Å²) in [4.78, 5) is 5.06. The van der Waals surface area contributed by atoms with E-state index in [1.54, 1.807) is 0 Å². The highest BCUT2D eigenvalue weighted by Crippen LogP contribution is 2.33. The number of nitrogens with zero attached hydrogens (tertiary/aromatic N) is 1. The molecule has 0 fully saturated rings. The van der Waals surface area contributed by atoms with Gasteiger partial charge in [0.25, 0.3) is 0 Å². The van der Waals surface area contributed by atoms with Crippen LogP contribution in [-0.4, -0.2) is 4.98 Å². The number of benzene rings is 4. The topological polar surface area (TPSA) is 12.9 Å². The summed E-state index contributed by atoms with van der Waals surface area (Å²) in [6, 6.07) is 36.0. The first-order chi connectivity index (χ1) is 12.9. The van der Waals surface area contributed by atoms with Crippen LogP contribution in [0, 0.1) is 0 Å². The highest BCUT2D eigenvalue weighted by Gasteiger charge is 2.09. The Morgan fingerprint density at radius 2 is 1.12 bits per heavy atom. The van der Waals surface area contributed by atoms with Gasteiger partial charge in [0.15, 0.2) is 0 Å². The molecule has 0 N–H and O–H groups in total. The van der Waals surface area contributed by atoms with Crippen molar-refractivity contribution >= 4 is 21.7 Å². The van der Waals surface area contributed by atoms with E-state index >= 15 is 0 Å². The summed E-state index contributed by atoms with van der Waals surface area (Å²) in [5.41, 5.74) is 5.65. The van der Waals surface area contributed by atoms with Crippen LogP contribution < -0.4 is 0 Å². The van der Waals surface area contributed by atoms with E-state index in [4.69, 9.17) is 4.98 Å².